The molecule has 1 aliphatic rings. The molecule has 1 aliphatic heterocycles. The minimum atomic E-state index is -0.972. The number of nitrogens with zero attached hydrogens (tertiary/aromatic N) is 2. The number of hydrogen-bond acceptors (Lipinski definition) is 4. The van der Waals surface area contributed by atoms with Crippen molar-refractivity contribution in [3.05, 3.63) is 59.6 Å². The Bertz CT molecular complexity index is 698. The Labute approximate surface area is 138 Å². The van der Waals surface area contributed by atoms with E-state index in [2.05, 4.69) is 0 Å². The molecule has 0 spiro atoms. The highest BCUT2D eigenvalue weighted by Gasteiger charge is 2.25. The fourth-order valence-electron chi connectivity index (χ4n) is 2.76. The first-order valence-electron chi connectivity index (χ1n) is 7.73. The number of furan rings is 1. The maximum absolute atomic E-state index is 13.2. The van der Waals surface area contributed by atoms with Gasteiger partial charge in [0, 0.05) is 32.7 Å². The highest BCUT2D eigenvalue weighted by Crippen LogP contribution is 2.18. The zero-order valence-corrected chi connectivity index (χ0v) is 13.0. The van der Waals surface area contributed by atoms with Gasteiger partial charge in [-0.15, -0.1) is 0 Å². The summed E-state index contributed by atoms with van der Waals surface area (Å²) in [4.78, 5) is 15.8. The molecule has 5 nitrogen and oxygen atoms in total. The molecule has 0 radical (unpaired) electrons. The molecular formula is C17H18F2N2O3. The third-order valence-electron chi connectivity index (χ3n) is 4.15. The van der Waals surface area contributed by atoms with E-state index in [0.717, 1.165) is 12.1 Å². The number of rotatable bonds is 4. The summed E-state index contributed by atoms with van der Waals surface area (Å²) in [5, 5.41) is 10.2. The van der Waals surface area contributed by atoms with Crippen molar-refractivity contribution in [1.82, 2.24) is 9.80 Å². The summed E-state index contributed by atoms with van der Waals surface area (Å²) in [7, 11) is 0. The van der Waals surface area contributed by atoms with E-state index in [0.29, 0.717) is 44.0 Å². The lowest BCUT2D eigenvalue weighted by atomic mass is 10.1. The molecule has 1 aromatic carbocycles. The lowest BCUT2D eigenvalue weighted by Gasteiger charge is -2.35. The highest BCUT2D eigenvalue weighted by atomic mass is 19.2. The molecule has 1 N–H and O–H groups in total. The van der Waals surface area contributed by atoms with Crippen molar-refractivity contribution in [2.24, 2.45) is 0 Å². The molecule has 24 heavy (non-hydrogen) atoms. The van der Waals surface area contributed by atoms with E-state index >= 15 is 0 Å². The van der Waals surface area contributed by atoms with Crippen LogP contribution in [0.2, 0.25) is 0 Å². The van der Waals surface area contributed by atoms with Crippen LogP contribution in [0, 0.1) is 11.6 Å². The van der Waals surface area contributed by atoms with Crippen LogP contribution in [0.5, 0.6) is 0 Å². The van der Waals surface area contributed by atoms with Gasteiger partial charge in [0.1, 0.15) is 0 Å². The second-order valence-corrected chi connectivity index (χ2v) is 5.76. The predicted octanol–water partition coefficient (Wildman–Crippen LogP) is 2.05. The van der Waals surface area contributed by atoms with Crippen molar-refractivity contribution in [3.8, 4) is 0 Å². The van der Waals surface area contributed by atoms with Crippen molar-refractivity contribution in [2.45, 2.75) is 6.10 Å². The summed E-state index contributed by atoms with van der Waals surface area (Å²) in [5.74, 6) is -1.75. The van der Waals surface area contributed by atoms with E-state index in [1.807, 2.05) is 4.90 Å². The lowest BCUT2D eigenvalue weighted by molar-refractivity contribution is 0.0503. The minimum Gasteiger partial charge on any atom is -0.459 e. The van der Waals surface area contributed by atoms with Crippen LogP contribution in [-0.4, -0.2) is 53.5 Å². The number of piperazine rings is 1. The molecule has 1 unspecified atom stereocenters. The number of halogens is 2. The number of aliphatic hydroxyl groups is 1. The second-order valence-electron chi connectivity index (χ2n) is 5.76. The number of hydrogen-bond donors (Lipinski definition) is 1. The summed E-state index contributed by atoms with van der Waals surface area (Å²) >= 11 is 0. The zero-order valence-electron chi connectivity index (χ0n) is 13.0. The molecule has 1 fully saturated rings. The first-order chi connectivity index (χ1) is 11.5. The minimum absolute atomic E-state index is 0.152. The van der Waals surface area contributed by atoms with E-state index in [9.17, 15) is 18.7 Å². The number of benzene rings is 1. The number of carbonyl (C=O) groups excluding carboxylic acids is 1. The molecule has 2 aromatic rings. The van der Waals surface area contributed by atoms with Crippen molar-refractivity contribution in [3.63, 3.8) is 0 Å². The van der Waals surface area contributed by atoms with E-state index in [1.165, 1.54) is 12.3 Å². The predicted molar refractivity (Wildman–Crippen MR) is 82.4 cm³/mol. The van der Waals surface area contributed by atoms with Crippen molar-refractivity contribution in [1.29, 1.82) is 0 Å². The summed E-state index contributed by atoms with van der Waals surface area (Å²) < 4.78 is 31.3. The van der Waals surface area contributed by atoms with E-state index < -0.39 is 17.7 Å². The molecule has 7 heteroatoms. The third kappa shape index (κ3) is 3.63. The van der Waals surface area contributed by atoms with Crippen LogP contribution >= 0.6 is 0 Å². The molecule has 1 atom stereocenters. The third-order valence-corrected chi connectivity index (χ3v) is 4.15. The number of carbonyl (C=O) groups is 1. The van der Waals surface area contributed by atoms with E-state index in [-0.39, 0.29) is 5.91 Å². The highest BCUT2D eigenvalue weighted by molar-refractivity contribution is 5.91. The Morgan fingerprint density at radius 3 is 2.54 bits per heavy atom. The molecule has 0 saturated carbocycles. The quantitative estimate of drug-likeness (QED) is 0.928. The average Bonchev–Trinajstić information content (AvgIpc) is 3.12. The van der Waals surface area contributed by atoms with Crippen LogP contribution in [0.25, 0.3) is 0 Å². The maximum Gasteiger partial charge on any atom is 0.289 e. The SMILES string of the molecule is O=C(c1ccco1)N1CCN(CC(O)c2ccc(F)c(F)c2)CC1. The van der Waals surface area contributed by atoms with Gasteiger partial charge in [-0.3, -0.25) is 9.69 Å². The van der Waals surface area contributed by atoms with Crippen LogP contribution < -0.4 is 0 Å². The normalized spacial score (nSPS) is 17.0. The Hall–Kier alpha value is -2.25. The van der Waals surface area contributed by atoms with Crippen LogP contribution in [0.15, 0.2) is 41.0 Å². The lowest BCUT2D eigenvalue weighted by Crippen LogP contribution is -2.49. The zero-order chi connectivity index (χ0) is 17.1. The van der Waals surface area contributed by atoms with Crippen molar-refractivity contribution in [2.75, 3.05) is 32.7 Å². The Balaban J connectivity index is 1.53. The maximum atomic E-state index is 13.2. The number of amides is 1. The van der Waals surface area contributed by atoms with Crippen LogP contribution in [0.1, 0.15) is 22.2 Å². The summed E-state index contributed by atoms with van der Waals surface area (Å²) in [6.07, 6.45) is 0.550. The van der Waals surface area contributed by atoms with Gasteiger partial charge in [0.15, 0.2) is 17.4 Å². The fourth-order valence-corrected chi connectivity index (χ4v) is 2.76. The molecule has 128 valence electrons. The smallest absolute Gasteiger partial charge is 0.289 e. The molecule has 1 amide bonds. The van der Waals surface area contributed by atoms with E-state index in [1.54, 1.807) is 17.0 Å². The van der Waals surface area contributed by atoms with E-state index in [4.69, 9.17) is 4.42 Å². The van der Waals surface area contributed by atoms with Crippen LogP contribution in [0.3, 0.4) is 0 Å². The standard InChI is InChI=1S/C17H18F2N2O3/c18-13-4-3-12(10-14(13)19)15(22)11-20-5-7-21(8-6-20)17(23)16-2-1-9-24-16/h1-4,9-10,15,22H,5-8,11H2. The molecule has 3 rings (SSSR count). The fraction of sp³-hybridized carbons (Fsp3) is 0.353. The topological polar surface area (TPSA) is 56.9 Å². The van der Waals surface area contributed by atoms with Gasteiger partial charge < -0.3 is 14.4 Å². The Morgan fingerprint density at radius 1 is 1.17 bits per heavy atom. The van der Waals surface area contributed by atoms with Crippen molar-refractivity contribution < 1.29 is 23.1 Å². The molecule has 0 aliphatic carbocycles. The second kappa shape index (κ2) is 7.11. The molecule has 2 heterocycles. The monoisotopic (exact) mass is 336 g/mol. The largest absolute Gasteiger partial charge is 0.459 e. The molecule has 1 saturated heterocycles. The van der Waals surface area contributed by atoms with Gasteiger partial charge in [-0.1, -0.05) is 6.07 Å². The molecule has 0 bridgehead atoms. The van der Waals surface area contributed by atoms with Gasteiger partial charge >= 0.3 is 0 Å². The Morgan fingerprint density at radius 2 is 1.92 bits per heavy atom. The van der Waals surface area contributed by atoms with Gasteiger partial charge in [-0.25, -0.2) is 8.78 Å². The van der Waals surface area contributed by atoms with Gasteiger partial charge in [-0.05, 0) is 29.8 Å². The van der Waals surface area contributed by atoms with Gasteiger partial charge in [0.2, 0.25) is 0 Å². The van der Waals surface area contributed by atoms with Crippen molar-refractivity contribution >= 4 is 5.91 Å². The first kappa shape index (κ1) is 16.6. The molecular weight excluding hydrogens is 318 g/mol. The van der Waals surface area contributed by atoms with Gasteiger partial charge in [0.05, 0.1) is 12.4 Å². The average molecular weight is 336 g/mol. The summed E-state index contributed by atoms with van der Waals surface area (Å²) in [5.41, 5.74) is 0.336. The Kier molecular flexibility index (Phi) is 4.92. The van der Waals surface area contributed by atoms with Crippen LogP contribution in [0.4, 0.5) is 8.78 Å². The summed E-state index contributed by atoms with van der Waals surface area (Å²) in [6, 6.07) is 6.69. The number of β-amino-alcohol motifs (C(OH)–C–C–N with tert-alkyl or cyclic N) is 1. The van der Waals surface area contributed by atoms with Gasteiger partial charge in [0.25, 0.3) is 5.91 Å². The first-order valence-corrected chi connectivity index (χ1v) is 7.73. The molecule has 1 aromatic heterocycles. The summed E-state index contributed by atoms with van der Waals surface area (Å²) in [6.45, 7) is 2.52. The van der Waals surface area contributed by atoms with Gasteiger partial charge in [-0.2, -0.15) is 0 Å². The number of aliphatic hydroxyl groups excluding tert-OH is 1. The van der Waals surface area contributed by atoms with Crippen LogP contribution in [-0.2, 0) is 0 Å².